The molecule has 0 saturated carbocycles. The normalized spacial score (nSPS) is 20.7. The summed E-state index contributed by atoms with van der Waals surface area (Å²) < 4.78 is 44.0. The molecule has 1 heterocycles. The number of fused-ring (bicyclic) bond motifs is 1. The van der Waals surface area contributed by atoms with Gasteiger partial charge in [0.2, 0.25) is 0 Å². The van der Waals surface area contributed by atoms with E-state index in [2.05, 4.69) is 0 Å². The minimum Gasteiger partial charge on any atom is -0.490 e. The van der Waals surface area contributed by atoms with Crippen molar-refractivity contribution in [1.82, 2.24) is 0 Å². The lowest BCUT2D eigenvalue weighted by Crippen LogP contribution is -2.27. The smallest absolute Gasteiger partial charge is 0.416 e. The number of alkyl halides is 3. The third-order valence-corrected chi connectivity index (χ3v) is 4.18. The molecule has 23 heavy (non-hydrogen) atoms. The van der Waals surface area contributed by atoms with Crippen LogP contribution >= 0.6 is 0 Å². The maximum absolute atomic E-state index is 12.7. The van der Waals surface area contributed by atoms with E-state index in [1.54, 1.807) is 0 Å². The van der Waals surface area contributed by atoms with Gasteiger partial charge in [0.05, 0.1) is 5.56 Å². The Morgan fingerprint density at radius 3 is 2.39 bits per heavy atom. The predicted molar refractivity (Wildman–Crippen MR) is 80.5 cm³/mol. The van der Waals surface area contributed by atoms with Crippen LogP contribution in [-0.4, -0.2) is 17.8 Å². The van der Waals surface area contributed by atoms with Crippen molar-refractivity contribution in [1.29, 1.82) is 0 Å². The van der Waals surface area contributed by atoms with E-state index >= 15 is 0 Å². The fourth-order valence-corrected chi connectivity index (χ4v) is 3.03. The van der Waals surface area contributed by atoms with E-state index in [1.807, 2.05) is 24.3 Å². The second-order valence-corrected chi connectivity index (χ2v) is 5.70. The van der Waals surface area contributed by atoms with E-state index in [0.717, 1.165) is 29.0 Å². The van der Waals surface area contributed by atoms with Crippen LogP contribution in [0.2, 0.25) is 0 Å². The van der Waals surface area contributed by atoms with E-state index in [4.69, 9.17) is 9.84 Å². The van der Waals surface area contributed by atoms with Crippen LogP contribution in [0.4, 0.5) is 13.2 Å². The summed E-state index contributed by atoms with van der Waals surface area (Å²) in [5.74, 6) is 0.709. The van der Waals surface area contributed by atoms with Gasteiger partial charge in [-0.2, -0.15) is 13.2 Å². The molecule has 0 saturated heterocycles. The highest BCUT2D eigenvalue weighted by Crippen LogP contribution is 2.41. The van der Waals surface area contributed by atoms with Crippen LogP contribution in [0, 0.1) is 0 Å². The van der Waals surface area contributed by atoms with Gasteiger partial charge in [0.25, 0.3) is 0 Å². The molecule has 0 aliphatic carbocycles. The number of para-hydroxylation sites is 1. The van der Waals surface area contributed by atoms with Crippen molar-refractivity contribution in [2.45, 2.75) is 31.0 Å². The Hall–Kier alpha value is -2.01. The van der Waals surface area contributed by atoms with Crippen molar-refractivity contribution in [2.24, 2.45) is 0 Å². The lowest BCUT2D eigenvalue weighted by atomic mass is 9.83. The molecule has 1 N–H and O–H groups in total. The zero-order valence-electron chi connectivity index (χ0n) is 12.4. The Morgan fingerprint density at radius 1 is 1.04 bits per heavy atom. The molecule has 2 aromatic carbocycles. The molecule has 0 fully saturated rings. The first-order valence-electron chi connectivity index (χ1n) is 7.52. The fraction of sp³-hybridized carbons (Fsp3) is 0.333. The van der Waals surface area contributed by atoms with Gasteiger partial charge >= 0.3 is 6.18 Å². The second kappa shape index (κ2) is 6.24. The van der Waals surface area contributed by atoms with E-state index in [0.29, 0.717) is 12.8 Å². The van der Waals surface area contributed by atoms with Crippen LogP contribution < -0.4 is 4.74 Å². The highest BCUT2D eigenvalue weighted by molar-refractivity contribution is 5.44. The summed E-state index contributed by atoms with van der Waals surface area (Å²) in [6, 6.07) is 12.9. The molecular weight excluding hydrogens is 305 g/mol. The molecule has 0 amide bonds. The third kappa shape index (κ3) is 3.34. The predicted octanol–water partition coefficient (Wildman–Crippen LogP) is 4.37. The Balaban J connectivity index is 1.94. The zero-order chi connectivity index (χ0) is 16.4. The van der Waals surface area contributed by atoms with Gasteiger partial charge in [0.1, 0.15) is 11.9 Å². The van der Waals surface area contributed by atoms with Gasteiger partial charge in [-0.05, 0) is 30.2 Å². The van der Waals surface area contributed by atoms with E-state index in [9.17, 15) is 13.2 Å². The number of hydrogen-bond acceptors (Lipinski definition) is 2. The van der Waals surface area contributed by atoms with Crippen LogP contribution in [0.25, 0.3) is 0 Å². The molecular formula is C18H17F3O2. The molecule has 0 aromatic heterocycles. The Labute approximate surface area is 132 Å². The third-order valence-electron chi connectivity index (χ3n) is 4.18. The lowest BCUT2D eigenvalue weighted by Gasteiger charge is -2.32. The molecule has 0 spiro atoms. The minimum atomic E-state index is -4.33. The molecule has 0 radical (unpaired) electrons. The van der Waals surface area contributed by atoms with Gasteiger partial charge in [-0.3, -0.25) is 0 Å². The number of aliphatic hydroxyl groups is 1. The molecule has 2 atom stereocenters. The van der Waals surface area contributed by atoms with E-state index < -0.39 is 11.7 Å². The Bertz CT molecular complexity index is 665. The molecule has 1 aliphatic rings. The van der Waals surface area contributed by atoms with Gasteiger partial charge in [0, 0.05) is 24.5 Å². The van der Waals surface area contributed by atoms with Crippen molar-refractivity contribution in [2.75, 3.05) is 6.61 Å². The Morgan fingerprint density at radius 2 is 1.74 bits per heavy atom. The molecule has 122 valence electrons. The van der Waals surface area contributed by atoms with Crippen LogP contribution in [0.15, 0.2) is 48.5 Å². The Kier molecular flexibility index (Phi) is 4.31. The second-order valence-electron chi connectivity index (χ2n) is 5.70. The average Bonchev–Trinajstić information content (AvgIpc) is 2.54. The number of halogens is 3. The first-order chi connectivity index (χ1) is 11.0. The summed E-state index contributed by atoms with van der Waals surface area (Å²) in [5, 5.41) is 9.14. The highest BCUT2D eigenvalue weighted by Gasteiger charge is 2.32. The van der Waals surface area contributed by atoms with Gasteiger partial charge in [0.15, 0.2) is 0 Å². The van der Waals surface area contributed by atoms with Gasteiger partial charge < -0.3 is 9.84 Å². The van der Waals surface area contributed by atoms with Gasteiger partial charge in [-0.15, -0.1) is 0 Å². The summed E-state index contributed by atoms with van der Waals surface area (Å²) in [4.78, 5) is 0. The lowest BCUT2D eigenvalue weighted by molar-refractivity contribution is -0.137. The summed E-state index contributed by atoms with van der Waals surface area (Å²) in [6.07, 6.45) is -3.32. The molecule has 3 rings (SSSR count). The average molecular weight is 322 g/mol. The molecule has 2 aromatic rings. The summed E-state index contributed by atoms with van der Waals surface area (Å²) in [5.41, 5.74) is 1.16. The largest absolute Gasteiger partial charge is 0.490 e. The number of hydrogen-bond donors (Lipinski definition) is 1. The molecule has 2 nitrogen and oxygen atoms in total. The summed E-state index contributed by atoms with van der Waals surface area (Å²) in [7, 11) is 0. The fourth-order valence-electron chi connectivity index (χ4n) is 3.03. The van der Waals surface area contributed by atoms with Crippen LogP contribution in [0.1, 0.15) is 35.4 Å². The number of ether oxygens (including phenoxy) is 1. The topological polar surface area (TPSA) is 29.5 Å². The maximum Gasteiger partial charge on any atom is 0.416 e. The van der Waals surface area contributed by atoms with Crippen LogP contribution in [0.5, 0.6) is 5.75 Å². The molecule has 5 heteroatoms. The quantitative estimate of drug-likeness (QED) is 0.909. The first kappa shape index (κ1) is 15.9. The minimum absolute atomic E-state index is 0.0204. The number of aliphatic hydroxyl groups excluding tert-OH is 1. The highest BCUT2D eigenvalue weighted by atomic mass is 19.4. The van der Waals surface area contributed by atoms with Crippen LogP contribution in [0.3, 0.4) is 0 Å². The van der Waals surface area contributed by atoms with Crippen molar-refractivity contribution in [3.63, 3.8) is 0 Å². The molecule has 0 unspecified atom stereocenters. The SMILES string of the molecule is OCC[C@H]1C[C@@H](c2ccc(C(F)(F)F)cc2)c2ccccc2O1. The van der Waals surface area contributed by atoms with Gasteiger partial charge in [-0.25, -0.2) is 0 Å². The molecule has 1 aliphatic heterocycles. The monoisotopic (exact) mass is 322 g/mol. The van der Waals surface area contributed by atoms with Crippen molar-refractivity contribution >= 4 is 0 Å². The zero-order valence-corrected chi connectivity index (χ0v) is 12.4. The van der Waals surface area contributed by atoms with Crippen LogP contribution in [-0.2, 0) is 6.18 Å². The van der Waals surface area contributed by atoms with Crippen molar-refractivity contribution in [3.8, 4) is 5.75 Å². The molecule has 0 bridgehead atoms. The maximum atomic E-state index is 12.7. The summed E-state index contributed by atoms with van der Waals surface area (Å²) >= 11 is 0. The first-order valence-corrected chi connectivity index (χ1v) is 7.52. The number of benzene rings is 2. The van der Waals surface area contributed by atoms with Crippen molar-refractivity contribution in [3.05, 3.63) is 65.2 Å². The van der Waals surface area contributed by atoms with Crippen molar-refractivity contribution < 1.29 is 23.0 Å². The van der Waals surface area contributed by atoms with E-state index in [-0.39, 0.29) is 18.6 Å². The van der Waals surface area contributed by atoms with Gasteiger partial charge in [-0.1, -0.05) is 30.3 Å². The standard InChI is InChI=1S/C18H17F3O2/c19-18(20,21)13-7-5-12(6-8-13)16-11-14(9-10-22)23-17-4-2-1-3-15(16)17/h1-8,14,16,22H,9-11H2/t14-,16-/m0/s1. The number of rotatable bonds is 3. The summed E-state index contributed by atoms with van der Waals surface area (Å²) in [6.45, 7) is 0.0204. The van der Waals surface area contributed by atoms with E-state index in [1.165, 1.54) is 12.1 Å².